The van der Waals surface area contributed by atoms with Crippen molar-refractivity contribution in [1.82, 2.24) is 20.1 Å². The van der Waals surface area contributed by atoms with Gasteiger partial charge in [0.15, 0.2) is 0 Å². The molecule has 0 unspecified atom stereocenters. The Kier molecular flexibility index (Phi) is 6.82. The topological polar surface area (TPSA) is 139 Å². The molecule has 2 aromatic heterocycles. The average Bonchev–Trinajstić information content (AvgIpc) is 3.61. The van der Waals surface area contributed by atoms with Crippen molar-refractivity contribution in [1.29, 1.82) is 5.26 Å². The van der Waals surface area contributed by atoms with Gasteiger partial charge in [-0.2, -0.15) is 10.4 Å². The Bertz CT molecular complexity index is 1890. The molecule has 0 saturated carbocycles. The molecule has 4 N–H and O–H groups in total. The van der Waals surface area contributed by atoms with Gasteiger partial charge in [0.2, 0.25) is 5.78 Å². The fourth-order valence-electron chi connectivity index (χ4n) is 5.41. The molecular weight excluding hydrogens is 530 g/mol. The number of aromatic amines is 1. The Hall–Kier alpha value is -5.24. The van der Waals surface area contributed by atoms with Gasteiger partial charge in [-0.1, -0.05) is 12.1 Å². The van der Waals surface area contributed by atoms with Crippen LogP contribution >= 0.6 is 0 Å². The van der Waals surface area contributed by atoms with Crippen molar-refractivity contribution in [3.05, 3.63) is 101 Å². The molecule has 3 aromatic carbocycles. The second-order valence-electron chi connectivity index (χ2n) is 10.7. The van der Waals surface area contributed by atoms with Gasteiger partial charge in [-0.15, -0.1) is 0 Å². The number of nitrogens with one attached hydrogen (secondary N) is 2. The van der Waals surface area contributed by atoms with Gasteiger partial charge in [-0.05, 0) is 67.1 Å². The van der Waals surface area contributed by atoms with E-state index >= 15 is 0 Å². The summed E-state index contributed by atoms with van der Waals surface area (Å²) in [7, 11) is 1.96. The minimum Gasteiger partial charge on any atom is -0.457 e. The summed E-state index contributed by atoms with van der Waals surface area (Å²) in [5, 5.41) is 17.6. The van der Waals surface area contributed by atoms with Gasteiger partial charge in [0.1, 0.15) is 17.3 Å². The zero-order chi connectivity index (χ0) is 29.4. The number of nitriles is 1. The molecule has 1 aliphatic heterocycles. The third-order valence-electron chi connectivity index (χ3n) is 7.84. The van der Waals surface area contributed by atoms with Gasteiger partial charge < -0.3 is 20.8 Å². The maximum absolute atomic E-state index is 13.6. The molecule has 5 aromatic rings. The van der Waals surface area contributed by atoms with Gasteiger partial charge in [-0.3, -0.25) is 9.28 Å². The zero-order valence-electron chi connectivity index (χ0n) is 23.3. The minimum atomic E-state index is -0.314. The fraction of sp³-hybridized carbons (Fsp3) is 0.188. The summed E-state index contributed by atoms with van der Waals surface area (Å²) in [5.41, 5.74) is 10.4. The lowest BCUT2D eigenvalue weighted by molar-refractivity contribution is -0.830. The van der Waals surface area contributed by atoms with Gasteiger partial charge in [0.25, 0.3) is 0 Å². The van der Waals surface area contributed by atoms with Crippen LogP contribution in [0.4, 0.5) is 5.82 Å². The van der Waals surface area contributed by atoms with Crippen molar-refractivity contribution < 1.29 is 18.8 Å². The Morgan fingerprint density at radius 1 is 1.02 bits per heavy atom. The van der Waals surface area contributed by atoms with Crippen LogP contribution < -0.4 is 15.8 Å². The number of nitrogen functional groups attached to an aromatic ring is 1. The molecule has 1 saturated heterocycles. The number of aromatic nitrogens is 3. The van der Waals surface area contributed by atoms with Crippen LogP contribution in [0.25, 0.3) is 16.6 Å². The van der Waals surface area contributed by atoms with E-state index in [9.17, 15) is 9.59 Å². The molecule has 0 atom stereocenters. The number of piperazine rings is 1. The van der Waals surface area contributed by atoms with E-state index < -0.39 is 0 Å². The number of ketones is 1. The van der Waals surface area contributed by atoms with Gasteiger partial charge in [0.05, 0.1) is 60.5 Å². The van der Waals surface area contributed by atoms with Crippen molar-refractivity contribution in [3.63, 3.8) is 0 Å². The van der Waals surface area contributed by atoms with Gasteiger partial charge >= 0.3 is 5.91 Å². The summed E-state index contributed by atoms with van der Waals surface area (Å²) in [6.45, 7) is 4.88. The van der Waals surface area contributed by atoms with Crippen molar-refractivity contribution in [2.24, 2.45) is 0 Å². The molecule has 1 amide bonds. The van der Waals surface area contributed by atoms with Crippen LogP contribution in [0.3, 0.4) is 0 Å². The fourth-order valence-corrected chi connectivity index (χ4v) is 5.41. The second-order valence-corrected chi connectivity index (χ2v) is 10.7. The number of likely N-dealkylation sites (N-methyl/N-ethyl adjacent to an activating group) is 1. The smallest absolute Gasteiger partial charge is 0.346 e. The SMILES string of the molecule is Cc1cc(Oc2cccc(C#N)c2)ccc1-n1ncc(C(=O)c2cc3c(C(=O)[N+]4(C)CCNCC4)cccc3[nH]2)c1N. The number of carbonyl (C=O) groups excluding carboxylic acids is 2. The molecule has 3 heterocycles. The summed E-state index contributed by atoms with van der Waals surface area (Å²) < 4.78 is 7.76. The summed E-state index contributed by atoms with van der Waals surface area (Å²) >= 11 is 0. The van der Waals surface area contributed by atoms with Crippen LogP contribution in [0.2, 0.25) is 0 Å². The number of hydrogen-bond acceptors (Lipinski definition) is 7. The number of ether oxygens (including phenoxy) is 1. The highest BCUT2D eigenvalue weighted by Gasteiger charge is 2.35. The summed E-state index contributed by atoms with van der Waals surface area (Å²) in [4.78, 5) is 30.4. The van der Waals surface area contributed by atoms with Crippen molar-refractivity contribution in [2.45, 2.75) is 6.92 Å². The van der Waals surface area contributed by atoms with E-state index in [1.165, 1.54) is 10.9 Å². The van der Waals surface area contributed by atoms with Crippen LogP contribution in [0.5, 0.6) is 11.5 Å². The molecule has 42 heavy (non-hydrogen) atoms. The number of nitrogens with zero attached hydrogens (tertiary/aromatic N) is 4. The lowest BCUT2D eigenvalue weighted by Crippen LogP contribution is -2.59. The molecular formula is C32H30N7O3+. The highest BCUT2D eigenvalue weighted by Crippen LogP contribution is 2.30. The highest BCUT2D eigenvalue weighted by atomic mass is 16.5. The van der Waals surface area contributed by atoms with Crippen LogP contribution in [0.1, 0.15) is 37.5 Å². The van der Waals surface area contributed by atoms with Crippen LogP contribution in [0.15, 0.2) is 72.9 Å². The number of nitrogens with two attached hydrogens (primary N) is 1. The number of carbonyl (C=O) groups is 2. The number of benzene rings is 3. The van der Waals surface area contributed by atoms with Crippen LogP contribution in [0, 0.1) is 18.3 Å². The maximum Gasteiger partial charge on any atom is 0.346 e. The summed E-state index contributed by atoms with van der Waals surface area (Å²) in [6.07, 6.45) is 1.46. The molecule has 0 radical (unpaired) electrons. The molecule has 1 aliphatic rings. The van der Waals surface area contributed by atoms with Crippen molar-refractivity contribution >= 4 is 28.4 Å². The molecule has 1 fully saturated rings. The number of amides is 1. The molecule has 10 nitrogen and oxygen atoms in total. The number of fused-ring (bicyclic) bond motifs is 1. The first-order valence-corrected chi connectivity index (χ1v) is 13.7. The molecule has 10 heteroatoms. The number of anilines is 1. The summed E-state index contributed by atoms with van der Waals surface area (Å²) in [5.74, 6) is 1.07. The summed E-state index contributed by atoms with van der Waals surface area (Å²) in [6, 6.07) is 21.7. The van der Waals surface area contributed by atoms with Crippen molar-refractivity contribution in [2.75, 3.05) is 39.0 Å². The van der Waals surface area contributed by atoms with Crippen LogP contribution in [-0.2, 0) is 0 Å². The predicted octanol–water partition coefficient (Wildman–Crippen LogP) is 4.33. The Balaban J connectivity index is 1.27. The van der Waals surface area contributed by atoms with Gasteiger partial charge in [0, 0.05) is 24.0 Å². The molecule has 210 valence electrons. The number of H-pyrrole nitrogens is 1. The first kappa shape index (κ1) is 27.0. The number of aryl methyl sites for hydroxylation is 1. The standard InChI is InChI=1S/C32H29N7O3/c1-20-15-23(42-22-6-3-5-21(16-22)18-33)9-10-29(20)38-31(34)26(19-36-38)30(40)28-17-25-24(7-4-8-27(25)37-28)32(41)39(2)13-11-35-12-14-39/h3-10,15-17,19,35H,11-14H2,1-2H3,(H2-,34,36,37,40,41)/p+1. The Morgan fingerprint density at radius 3 is 2.55 bits per heavy atom. The quantitative estimate of drug-likeness (QED) is 0.208. The lowest BCUT2D eigenvalue weighted by Gasteiger charge is -2.35. The first-order valence-electron chi connectivity index (χ1n) is 13.7. The molecule has 0 spiro atoms. The van der Waals surface area contributed by atoms with E-state index in [1.807, 2.05) is 44.3 Å². The first-order chi connectivity index (χ1) is 20.3. The second kappa shape index (κ2) is 10.6. The Labute approximate surface area is 242 Å². The van der Waals surface area contributed by atoms with E-state index in [2.05, 4.69) is 21.5 Å². The lowest BCUT2D eigenvalue weighted by atomic mass is 10.1. The van der Waals surface area contributed by atoms with Crippen molar-refractivity contribution in [3.8, 4) is 23.3 Å². The average molecular weight is 561 g/mol. The third kappa shape index (κ3) is 4.81. The molecule has 0 aliphatic carbocycles. The predicted molar refractivity (Wildman–Crippen MR) is 159 cm³/mol. The zero-order valence-corrected chi connectivity index (χ0v) is 23.3. The number of rotatable bonds is 6. The third-order valence-corrected chi connectivity index (χ3v) is 7.84. The largest absolute Gasteiger partial charge is 0.457 e. The highest BCUT2D eigenvalue weighted by molar-refractivity contribution is 6.14. The van der Waals surface area contributed by atoms with E-state index in [-0.39, 0.29) is 23.1 Å². The monoisotopic (exact) mass is 560 g/mol. The van der Waals surface area contributed by atoms with E-state index in [0.717, 1.165) is 18.7 Å². The van der Waals surface area contributed by atoms with E-state index in [4.69, 9.17) is 15.7 Å². The van der Waals surface area contributed by atoms with Crippen LogP contribution in [-0.4, -0.2) is 64.2 Å². The van der Waals surface area contributed by atoms with E-state index in [0.29, 0.717) is 62.5 Å². The molecule has 6 rings (SSSR count). The number of quaternary nitrogens is 1. The Morgan fingerprint density at radius 2 is 1.79 bits per heavy atom. The van der Waals surface area contributed by atoms with E-state index in [1.54, 1.807) is 36.4 Å². The van der Waals surface area contributed by atoms with Gasteiger partial charge in [-0.25, -0.2) is 9.48 Å². The maximum atomic E-state index is 13.6. The number of hydrogen-bond donors (Lipinski definition) is 3. The molecule has 0 bridgehead atoms. The minimum absolute atomic E-state index is 0.0353. The normalized spacial score (nSPS) is 14.4.